The third kappa shape index (κ3) is 11.2. The van der Waals surface area contributed by atoms with E-state index in [4.69, 9.17) is 5.73 Å². The maximum atomic E-state index is 5.77. The fourth-order valence-corrected chi connectivity index (χ4v) is 1.18. The van der Waals surface area contributed by atoms with Crippen LogP contribution in [-0.4, -0.2) is 4.98 Å². The van der Waals surface area contributed by atoms with E-state index in [9.17, 15) is 0 Å². The number of anilines is 1. The van der Waals surface area contributed by atoms with Gasteiger partial charge < -0.3 is 25.6 Å². The zero-order valence-corrected chi connectivity index (χ0v) is 15.7. The minimum atomic E-state index is 0. The Kier molecular flexibility index (Phi) is 32.2. The monoisotopic (exact) mass is 470 g/mol. The van der Waals surface area contributed by atoms with Gasteiger partial charge in [0, 0.05) is 38.6 Å². The van der Waals surface area contributed by atoms with Crippen LogP contribution in [0.2, 0.25) is 0 Å². The number of benzene rings is 1. The van der Waals surface area contributed by atoms with Crippen molar-refractivity contribution in [2.45, 2.75) is 35.1 Å². The van der Waals surface area contributed by atoms with Gasteiger partial charge >= 0.3 is 0 Å². The van der Waals surface area contributed by atoms with Gasteiger partial charge in [0.1, 0.15) is 0 Å². The third-order valence-electron chi connectivity index (χ3n) is 1.80. The summed E-state index contributed by atoms with van der Waals surface area (Å²) in [7, 11) is 0. The van der Waals surface area contributed by atoms with Gasteiger partial charge in [-0.2, -0.15) is 0 Å². The molecule has 2 rings (SSSR count). The van der Waals surface area contributed by atoms with Crippen LogP contribution in [0.25, 0.3) is 11.3 Å². The summed E-state index contributed by atoms with van der Waals surface area (Å²) in [6, 6.07) is 14.4. The van der Waals surface area contributed by atoms with Crippen molar-refractivity contribution in [2.24, 2.45) is 0 Å². The summed E-state index contributed by atoms with van der Waals surface area (Å²) in [5, 5.41) is 0. The number of nitrogens with two attached hydrogens (primary N) is 1. The molecule has 1 aromatic heterocycles. The van der Waals surface area contributed by atoms with Crippen molar-refractivity contribution in [1.29, 1.82) is 0 Å². The number of pyridine rings is 1. The first-order chi connectivity index (χ1) is 8.38. The van der Waals surface area contributed by atoms with Crippen LogP contribution in [0.15, 0.2) is 42.6 Å². The Hall–Kier alpha value is -1.14. The summed E-state index contributed by atoms with van der Waals surface area (Å²) >= 11 is 0. The van der Waals surface area contributed by atoms with Crippen LogP contribution in [0.5, 0.6) is 0 Å². The minimum absolute atomic E-state index is 0. The molecule has 2 N–H and O–H groups in total. The first kappa shape index (κ1) is 32.0. The molecule has 126 valence electrons. The van der Waals surface area contributed by atoms with Crippen molar-refractivity contribution in [3.05, 3.63) is 63.5 Å². The predicted octanol–water partition coefficient (Wildman–Crippen LogP) is 5.72. The van der Waals surface area contributed by atoms with Gasteiger partial charge in [-0.1, -0.05) is 35.1 Å². The summed E-state index contributed by atoms with van der Waals surface area (Å²) in [6.07, 6.45) is 1.73. The molecule has 0 spiro atoms. The van der Waals surface area contributed by atoms with Gasteiger partial charge in [0.05, 0.1) is 0 Å². The number of hydrogen-bond acceptors (Lipinski definition) is 2. The second kappa shape index (κ2) is 21.2. The zero-order chi connectivity index (χ0) is 13.1. The van der Waals surface area contributed by atoms with E-state index in [0.717, 1.165) is 11.3 Å². The molecule has 0 bridgehead atoms. The molecule has 2 aromatic rings. The third-order valence-corrected chi connectivity index (χ3v) is 1.80. The van der Waals surface area contributed by atoms with Gasteiger partial charge in [-0.3, -0.25) is 0 Å². The molecule has 0 fully saturated rings. The minimum Gasteiger partial charge on any atom is -0.405 e. The van der Waals surface area contributed by atoms with E-state index in [2.05, 4.69) is 11.1 Å². The average molecular weight is 471 g/mol. The molecular weight excluding hydrogens is 439 g/mol. The normalized spacial score (nSPS) is 6.67. The molecule has 21 heavy (non-hydrogen) atoms. The van der Waals surface area contributed by atoms with Gasteiger partial charge in [0.25, 0.3) is 0 Å². The Morgan fingerprint density at radius 1 is 0.952 bits per heavy atom. The number of nitrogen functional groups attached to an aromatic ring is 1. The molecule has 0 aliphatic heterocycles. The molecule has 0 radical (unpaired) electrons. The van der Waals surface area contributed by atoms with Crippen molar-refractivity contribution in [2.75, 3.05) is 5.73 Å². The first-order valence-electron chi connectivity index (χ1n) is 6.05. The second-order valence-electron chi connectivity index (χ2n) is 2.72. The number of aromatic nitrogens is 1. The molecule has 3 heteroatoms. The Bertz CT molecular complexity index is 403. The van der Waals surface area contributed by atoms with Crippen LogP contribution in [0.1, 0.15) is 35.1 Å². The number of nitrogens with zero attached hydrogens (tertiary/aromatic N) is 1. The van der Waals surface area contributed by atoms with Crippen molar-refractivity contribution >= 4 is 5.69 Å². The van der Waals surface area contributed by atoms with E-state index in [-0.39, 0.29) is 43.3 Å². The maximum absolute atomic E-state index is 5.77. The number of rotatable bonds is 1. The van der Waals surface area contributed by atoms with Crippen LogP contribution < -0.4 is 5.73 Å². The molecule has 0 aliphatic rings. The first-order valence-corrected chi connectivity index (χ1v) is 6.05. The molecule has 0 atom stereocenters. The Morgan fingerprint density at radius 2 is 1.52 bits per heavy atom. The van der Waals surface area contributed by atoms with Crippen molar-refractivity contribution in [1.82, 2.24) is 4.98 Å². The Labute approximate surface area is 147 Å². The van der Waals surface area contributed by atoms with E-state index in [1.165, 1.54) is 0 Å². The standard InChI is InChI=1S/C11H9N2.2C2H6.CH4.2CH3.Pt/c12-10-7-4-8-13-11(10)9-5-2-1-3-6-9;2*1-2;;;;/h1-5,7-8H,12H2;2*1-2H3;1H4;2*1H3;/q-1;;;;2*-1;. The van der Waals surface area contributed by atoms with E-state index in [0.29, 0.717) is 5.69 Å². The van der Waals surface area contributed by atoms with Crippen LogP contribution in [0, 0.1) is 20.9 Å². The van der Waals surface area contributed by atoms with Gasteiger partial charge in [0.15, 0.2) is 0 Å². The Balaban J connectivity index is -0.0000000989. The summed E-state index contributed by atoms with van der Waals surface area (Å²) in [6.45, 7) is 8.00. The Morgan fingerprint density at radius 3 is 1.95 bits per heavy atom. The second-order valence-corrected chi connectivity index (χ2v) is 2.72. The summed E-state index contributed by atoms with van der Waals surface area (Å²) in [4.78, 5) is 4.19. The van der Waals surface area contributed by atoms with E-state index >= 15 is 0 Å². The van der Waals surface area contributed by atoms with Gasteiger partial charge in [-0.25, -0.2) is 0 Å². The van der Waals surface area contributed by atoms with E-state index < -0.39 is 0 Å². The summed E-state index contributed by atoms with van der Waals surface area (Å²) in [5.74, 6) is 0. The fraction of sp³-hybridized carbons (Fsp3) is 0.278. The summed E-state index contributed by atoms with van der Waals surface area (Å²) < 4.78 is 0. The van der Waals surface area contributed by atoms with Crippen LogP contribution in [0.3, 0.4) is 0 Å². The molecule has 1 aromatic carbocycles. The SMILES string of the molecule is C.CC.CC.Nc1cccnc1-c1[c-]cccc1.[CH3-].[CH3-].[Pt]. The average Bonchev–Trinajstić information content (AvgIpc) is 2.45. The molecule has 0 saturated carbocycles. The largest absolute Gasteiger partial charge is 0.405 e. The van der Waals surface area contributed by atoms with E-state index in [1.807, 2.05) is 64.1 Å². The van der Waals surface area contributed by atoms with Gasteiger partial charge in [-0.05, 0) is 12.1 Å². The fourth-order valence-electron chi connectivity index (χ4n) is 1.18. The summed E-state index contributed by atoms with van der Waals surface area (Å²) in [5.41, 5.74) is 8.18. The van der Waals surface area contributed by atoms with Gasteiger partial charge in [0.2, 0.25) is 0 Å². The molecule has 0 unspecified atom stereocenters. The quantitative estimate of drug-likeness (QED) is 0.542. The van der Waals surface area contributed by atoms with Gasteiger partial charge in [-0.15, -0.1) is 35.9 Å². The van der Waals surface area contributed by atoms with Crippen molar-refractivity contribution < 1.29 is 21.1 Å². The molecular formula is C18H31N2Pt-3. The number of hydrogen-bond donors (Lipinski definition) is 1. The predicted molar refractivity (Wildman–Crippen MR) is 95.2 cm³/mol. The molecule has 0 amide bonds. The van der Waals surface area contributed by atoms with Crippen LogP contribution in [0.4, 0.5) is 5.69 Å². The van der Waals surface area contributed by atoms with E-state index in [1.54, 1.807) is 6.20 Å². The maximum Gasteiger partial charge on any atom is 0.0162 e. The van der Waals surface area contributed by atoms with Crippen LogP contribution >= 0.6 is 0 Å². The smallest absolute Gasteiger partial charge is 0.0162 e. The molecule has 1 heterocycles. The zero-order valence-electron chi connectivity index (χ0n) is 13.4. The van der Waals surface area contributed by atoms with Crippen molar-refractivity contribution in [3.63, 3.8) is 0 Å². The van der Waals surface area contributed by atoms with Crippen LogP contribution in [-0.2, 0) is 21.1 Å². The molecule has 2 nitrogen and oxygen atoms in total. The topological polar surface area (TPSA) is 38.9 Å². The van der Waals surface area contributed by atoms with Crippen molar-refractivity contribution in [3.8, 4) is 11.3 Å². The molecule has 0 saturated heterocycles. The molecule has 0 aliphatic carbocycles.